The molecule has 1 amide bonds. The predicted molar refractivity (Wildman–Crippen MR) is 92.6 cm³/mol. The molecule has 1 aliphatic heterocycles. The Balaban J connectivity index is 1.71. The monoisotopic (exact) mass is 329 g/mol. The second-order valence-electron chi connectivity index (χ2n) is 7.02. The van der Waals surface area contributed by atoms with E-state index in [-0.39, 0.29) is 11.9 Å². The van der Waals surface area contributed by atoms with Crippen LogP contribution < -0.4 is 0 Å². The zero-order valence-corrected chi connectivity index (χ0v) is 15.1. The highest BCUT2D eigenvalue weighted by atomic mass is 16.3. The van der Waals surface area contributed by atoms with E-state index < -0.39 is 0 Å². The third-order valence-electron chi connectivity index (χ3n) is 5.30. The van der Waals surface area contributed by atoms with E-state index in [1.807, 2.05) is 35.7 Å². The Bertz CT molecular complexity index is 703. The van der Waals surface area contributed by atoms with Crippen LogP contribution in [0, 0.1) is 19.8 Å². The van der Waals surface area contributed by atoms with Crippen molar-refractivity contribution in [2.24, 2.45) is 13.0 Å². The number of likely N-dealkylation sites (tertiary alicyclic amines) is 1. The van der Waals surface area contributed by atoms with Crippen molar-refractivity contribution in [3.63, 3.8) is 0 Å². The number of nitrogens with zero attached hydrogens (tertiary/aromatic N) is 3. The van der Waals surface area contributed by atoms with Crippen LogP contribution in [-0.4, -0.2) is 27.1 Å². The molecule has 0 N–H and O–H groups in total. The van der Waals surface area contributed by atoms with Crippen molar-refractivity contribution in [1.29, 1.82) is 0 Å². The number of carbonyl (C=O) groups is 1. The molecule has 5 heteroatoms. The van der Waals surface area contributed by atoms with Gasteiger partial charge in [0.15, 0.2) is 0 Å². The average molecular weight is 329 g/mol. The van der Waals surface area contributed by atoms with Gasteiger partial charge in [-0.15, -0.1) is 0 Å². The quantitative estimate of drug-likeness (QED) is 0.862. The molecule has 2 aromatic heterocycles. The Morgan fingerprint density at radius 2 is 2.21 bits per heavy atom. The second kappa shape index (κ2) is 6.83. The molecule has 2 atom stereocenters. The van der Waals surface area contributed by atoms with E-state index in [9.17, 15) is 4.79 Å². The highest BCUT2D eigenvalue weighted by Gasteiger charge is 2.32. The van der Waals surface area contributed by atoms with Gasteiger partial charge in [-0.25, -0.2) is 0 Å². The lowest BCUT2D eigenvalue weighted by Crippen LogP contribution is -2.40. The summed E-state index contributed by atoms with van der Waals surface area (Å²) >= 11 is 0. The Hall–Kier alpha value is -2.04. The van der Waals surface area contributed by atoms with Crippen molar-refractivity contribution < 1.29 is 9.21 Å². The first-order chi connectivity index (χ1) is 11.5. The highest BCUT2D eigenvalue weighted by Crippen LogP contribution is 2.34. The topological polar surface area (TPSA) is 51.3 Å². The average Bonchev–Trinajstić information content (AvgIpc) is 3.15. The summed E-state index contributed by atoms with van der Waals surface area (Å²) in [6.45, 7) is 7.14. The first-order valence-electron chi connectivity index (χ1n) is 8.79. The number of furan rings is 1. The van der Waals surface area contributed by atoms with Crippen LogP contribution in [0.15, 0.2) is 22.8 Å². The Kier molecular flexibility index (Phi) is 4.78. The molecule has 0 radical (unpaired) electrons. The molecule has 0 saturated carbocycles. The first kappa shape index (κ1) is 16.8. The number of carbonyl (C=O) groups excluding carboxylic acids is 1. The van der Waals surface area contributed by atoms with Gasteiger partial charge in [0.05, 0.1) is 18.0 Å². The molecule has 0 unspecified atom stereocenters. The lowest BCUT2D eigenvalue weighted by Gasteiger charge is -2.37. The Labute approximate surface area is 143 Å². The highest BCUT2D eigenvalue weighted by molar-refractivity contribution is 5.77. The molecule has 2 aromatic rings. The molecular formula is C19H27N3O2. The van der Waals surface area contributed by atoms with Crippen LogP contribution in [0.5, 0.6) is 0 Å². The van der Waals surface area contributed by atoms with Crippen LogP contribution in [-0.2, 0) is 18.3 Å². The molecule has 1 aliphatic rings. The van der Waals surface area contributed by atoms with E-state index in [1.54, 1.807) is 6.26 Å². The fourth-order valence-corrected chi connectivity index (χ4v) is 3.75. The smallest absolute Gasteiger partial charge is 0.223 e. The fourth-order valence-electron chi connectivity index (χ4n) is 3.75. The standard InChI is InChI=1S/C19H27N3O2/c1-13-9-10-22(17(12-13)18-6-5-11-24-18)19(23)8-7-16-14(2)20-21(4)15(16)3/h5-6,11,13,17H,7-10,12H2,1-4H3/t13-,17+/m1/s1. The summed E-state index contributed by atoms with van der Waals surface area (Å²) in [6, 6.07) is 3.96. The fraction of sp³-hybridized carbons (Fsp3) is 0.579. The largest absolute Gasteiger partial charge is 0.467 e. The molecular weight excluding hydrogens is 302 g/mol. The summed E-state index contributed by atoms with van der Waals surface area (Å²) < 4.78 is 7.49. The number of aromatic nitrogens is 2. The van der Waals surface area contributed by atoms with Crippen LogP contribution >= 0.6 is 0 Å². The summed E-state index contributed by atoms with van der Waals surface area (Å²) in [7, 11) is 1.95. The van der Waals surface area contributed by atoms with E-state index in [4.69, 9.17) is 4.42 Å². The minimum atomic E-state index is 0.0762. The van der Waals surface area contributed by atoms with E-state index in [1.165, 1.54) is 5.56 Å². The minimum Gasteiger partial charge on any atom is -0.467 e. The summed E-state index contributed by atoms with van der Waals surface area (Å²) in [4.78, 5) is 14.9. The molecule has 0 aliphatic carbocycles. The maximum atomic E-state index is 12.9. The predicted octanol–water partition coefficient (Wildman–Crippen LogP) is 3.56. The minimum absolute atomic E-state index is 0.0762. The third-order valence-corrected chi connectivity index (χ3v) is 5.30. The molecule has 24 heavy (non-hydrogen) atoms. The summed E-state index contributed by atoms with van der Waals surface area (Å²) in [5.74, 6) is 1.74. The van der Waals surface area contributed by atoms with Gasteiger partial charge in [-0.1, -0.05) is 6.92 Å². The zero-order valence-electron chi connectivity index (χ0n) is 15.1. The number of aryl methyl sites for hydroxylation is 2. The number of amides is 1. The number of hydrogen-bond acceptors (Lipinski definition) is 3. The van der Waals surface area contributed by atoms with Crippen molar-refractivity contribution in [3.05, 3.63) is 41.1 Å². The van der Waals surface area contributed by atoms with Crippen molar-refractivity contribution in [2.45, 2.75) is 52.5 Å². The zero-order chi connectivity index (χ0) is 17.3. The van der Waals surface area contributed by atoms with Crippen molar-refractivity contribution in [3.8, 4) is 0 Å². The molecule has 0 spiro atoms. The maximum absolute atomic E-state index is 12.9. The molecule has 3 rings (SSSR count). The Morgan fingerprint density at radius 1 is 1.42 bits per heavy atom. The maximum Gasteiger partial charge on any atom is 0.223 e. The molecule has 130 valence electrons. The summed E-state index contributed by atoms with van der Waals surface area (Å²) in [5.41, 5.74) is 3.37. The molecule has 1 saturated heterocycles. The Morgan fingerprint density at radius 3 is 2.83 bits per heavy atom. The van der Waals surface area contributed by atoms with Crippen molar-refractivity contribution in [2.75, 3.05) is 6.54 Å². The third kappa shape index (κ3) is 3.25. The molecule has 0 bridgehead atoms. The number of rotatable bonds is 4. The summed E-state index contributed by atoms with van der Waals surface area (Å²) in [6.07, 6.45) is 5.01. The van der Waals surface area contributed by atoms with Crippen LogP contribution in [0.25, 0.3) is 0 Å². The van der Waals surface area contributed by atoms with E-state index in [2.05, 4.69) is 18.9 Å². The van der Waals surface area contributed by atoms with Crippen molar-refractivity contribution in [1.82, 2.24) is 14.7 Å². The van der Waals surface area contributed by atoms with Crippen LogP contribution in [0.1, 0.15) is 54.9 Å². The lowest BCUT2D eigenvalue weighted by atomic mass is 9.90. The van der Waals surface area contributed by atoms with Gasteiger partial charge in [-0.2, -0.15) is 5.10 Å². The van der Waals surface area contributed by atoms with Gasteiger partial charge in [0.1, 0.15) is 5.76 Å². The molecule has 1 fully saturated rings. The van der Waals surface area contributed by atoms with Gasteiger partial charge < -0.3 is 9.32 Å². The van der Waals surface area contributed by atoms with E-state index in [0.717, 1.165) is 43.0 Å². The van der Waals surface area contributed by atoms with Gasteiger partial charge in [0.25, 0.3) is 0 Å². The lowest BCUT2D eigenvalue weighted by molar-refractivity contribution is -0.136. The normalized spacial score (nSPS) is 21.2. The van der Waals surface area contributed by atoms with E-state index in [0.29, 0.717) is 12.3 Å². The first-order valence-corrected chi connectivity index (χ1v) is 8.79. The molecule has 5 nitrogen and oxygen atoms in total. The van der Waals surface area contributed by atoms with Gasteiger partial charge in [-0.05, 0) is 56.7 Å². The second-order valence-corrected chi connectivity index (χ2v) is 7.02. The summed E-state index contributed by atoms with van der Waals surface area (Å²) in [5, 5.41) is 4.44. The molecule has 3 heterocycles. The van der Waals surface area contributed by atoms with Crippen LogP contribution in [0.4, 0.5) is 0 Å². The van der Waals surface area contributed by atoms with Gasteiger partial charge in [-0.3, -0.25) is 9.48 Å². The SMILES string of the molecule is Cc1nn(C)c(C)c1CCC(=O)N1CC[C@@H](C)C[C@H]1c1ccco1. The van der Waals surface area contributed by atoms with Gasteiger partial charge in [0.2, 0.25) is 5.91 Å². The number of piperidine rings is 1. The van der Waals surface area contributed by atoms with Gasteiger partial charge >= 0.3 is 0 Å². The van der Waals surface area contributed by atoms with Crippen molar-refractivity contribution >= 4 is 5.91 Å². The molecule has 0 aromatic carbocycles. The van der Waals surface area contributed by atoms with Crippen LogP contribution in [0.3, 0.4) is 0 Å². The number of hydrogen-bond donors (Lipinski definition) is 0. The van der Waals surface area contributed by atoms with Crippen LogP contribution in [0.2, 0.25) is 0 Å². The van der Waals surface area contributed by atoms with E-state index >= 15 is 0 Å². The van der Waals surface area contributed by atoms with Gasteiger partial charge in [0, 0.05) is 25.7 Å².